The second-order valence-electron chi connectivity index (χ2n) is 4.82. The van der Waals surface area contributed by atoms with Crippen LogP contribution in [-0.4, -0.2) is 24.9 Å². The molecule has 0 aliphatic heterocycles. The van der Waals surface area contributed by atoms with Gasteiger partial charge in [0, 0.05) is 39.8 Å². The number of rotatable bonds is 6. The van der Waals surface area contributed by atoms with Gasteiger partial charge in [-0.2, -0.15) is 12.1 Å². The molecule has 24 heavy (non-hydrogen) atoms. The van der Waals surface area contributed by atoms with E-state index in [0.717, 1.165) is 4.57 Å². The van der Waals surface area contributed by atoms with E-state index in [1.165, 1.54) is 13.2 Å². The van der Waals surface area contributed by atoms with Crippen LogP contribution in [-0.2, 0) is 44.0 Å². The van der Waals surface area contributed by atoms with Crippen molar-refractivity contribution >= 4 is 15.9 Å². The number of alkyl halides is 2. The molecule has 0 aliphatic carbocycles. The smallest absolute Gasteiger partial charge is 0.256 e. The second-order valence-corrected chi connectivity index (χ2v) is 5.67. The summed E-state index contributed by atoms with van der Waals surface area (Å²) in [4.78, 5) is 12.2. The van der Waals surface area contributed by atoms with Gasteiger partial charge in [-0.15, -0.1) is 6.07 Å². The first kappa shape index (κ1) is 21.4. The average molecular weight is 476 g/mol. The number of aromatic nitrogens is 1. The fourth-order valence-electron chi connectivity index (χ4n) is 2.07. The van der Waals surface area contributed by atoms with Crippen molar-refractivity contribution in [2.24, 2.45) is 0 Å². The zero-order valence-electron chi connectivity index (χ0n) is 13.2. The fraction of sp³-hybridized carbons (Fsp3) is 0.312. The molecule has 0 saturated carbocycles. The van der Waals surface area contributed by atoms with Gasteiger partial charge in [0.2, 0.25) is 0 Å². The minimum absolute atomic E-state index is 0. The van der Waals surface area contributed by atoms with E-state index < -0.39 is 18.5 Å². The van der Waals surface area contributed by atoms with Crippen LogP contribution in [0.15, 0.2) is 33.5 Å². The minimum Gasteiger partial charge on any atom is -0.468 e. The Morgan fingerprint density at radius 1 is 1.38 bits per heavy atom. The number of benzene rings is 1. The summed E-state index contributed by atoms with van der Waals surface area (Å²) < 4.78 is 37.4. The first-order valence-corrected chi connectivity index (χ1v) is 7.55. The Bertz CT molecular complexity index is 753. The molecule has 4 nitrogen and oxygen atoms in total. The summed E-state index contributed by atoms with van der Waals surface area (Å²) in [5.74, 6) is 0.553. The van der Waals surface area contributed by atoms with Crippen LogP contribution in [0.2, 0.25) is 0 Å². The molecule has 2 aromatic rings. The van der Waals surface area contributed by atoms with Gasteiger partial charge in [-0.1, -0.05) is 39.7 Å². The van der Waals surface area contributed by atoms with Crippen molar-refractivity contribution in [3.05, 3.63) is 50.7 Å². The van der Waals surface area contributed by atoms with Crippen LogP contribution >= 0.6 is 15.9 Å². The summed E-state index contributed by atoms with van der Waals surface area (Å²) in [6.07, 6.45) is -2.63. The molecule has 0 atom stereocenters. The zero-order chi connectivity index (χ0) is 17.0. The van der Waals surface area contributed by atoms with Crippen molar-refractivity contribution in [3.63, 3.8) is 0 Å². The van der Waals surface area contributed by atoms with Crippen LogP contribution < -0.4 is 10.3 Å². The van der Waals surface area contributed by atoms with E-state index in [4.69, 9.17) is 9.47 Å². The molecule has 0 bridgehead atoms. The molecule has 1 aromatic carbocycles. The van der Waals surface area contributed by atoms with Gasteiger partial charge in [0.1, 0.15) is 5.75 Å². The molecular formula is C16H15BrF2NO3Y-. The summed E-state index contributed by atoms with van der Waals surface area (Å²) in [5, 5.41) is 0. The maximum absolute atomic E-state index is 12.8. The Morgan fingerprint density at radius 2 is 2.08 bits per heavy atom. The van der Waals surface area contributed by atoms with Gasteiger partial charge in [-0.25, -0.2) is 8.78 Å². The number of halogens is 3. The molecule has 0 N–H and O–H groups in total. The number of ether oxygens (including phenoxy) is 2. The molecule has 0 amide bonds. The molecule has 0 fully saturated rings. The topological polar surface area (TPSA) is 40.5 Å². The van der Waals surface area contributed by atoms with Gasteiger partial charge in [0.25, 0.3) is 6.43 Å². The third-order valence-corrected chi connectivity index (χ3v) is 3.79. The SMILES string of the molecule is COCOc1ccc(-c2[c-]cc(C)c(=O)n2CC(F)F)c(Br)c1.[Y]. The standard InChI is InChI=1S/C16H15BrF2NO3.Y/c1-10-3-6-14(20(16(10)21)8-15(18)19)12-5-4-11(7-13(12)17)23-9-22-2;/h3-5,7,15H,8-9H2,1-2H3;/q-1;. The van der Waals surface area contributed by atoms with Crippen LogP contribution in [0.1, 0.15) is 5.56 Å². The summed E-state index contributed by atoms with van der Waals surface area (Å²) in [6, 6.07) is 9.44. The number of hydrogen-bond acceptors (Lipinski definition) is 3. The van der Waals surface area contributed by atoms with Gasteiger partial charge >= 0.3 is 0 Å². The monoisotopic (exact) mass is 475 g/mol. The van der Waals surface area contributed by atoms with Crippen molar-refractivity contribution < 1.29 is 51.0 Å². The summed E-state index contributed by atoms with van der Waals surface area (Å²) in [5.41, 5.74) is 0.787. The maximum Gasteiger partial charge on any atom is 0.256 e. The molecule has 1 heterocycles. The Kier molecular flexibility index (Phi) is 8.70. The predicted molar refractivity (Wildman–Crippen MR) is 85.9 cm³/mol. The molecule has 0 saturated heterocycles. The molecule has 0 aliphatic rings. The second kappa shape index (κ2) is 9.75. The van der Waals surface area contributed by atoms with E-state index in [2.05, 4.69) is 22.0 Å². The molecule has 1 aromatic heterocycles. The van der Waals surface area contributed by atoms with E-state index in [0.29, 0.717) is 27.0 Å². The fourth-order valence-corrected chi connectivity index (χ4v) is 2.62. The largest absolute Gasteiger partial charge is 0.468 e. The summed E-state index contributed by atoms with van der Waals surface area (Å²) >= 11 is 3.38. The first-order valence-electron chi connectivity index (χ1n) is 6.76. The van der Waals surface area contributed by atoms with Gasteiger partial charge in [0.05, 0.1) is 6.54 Å². The minimum atomic E-state index is -2.63. The van der Waals surface area contributed by atoms with Gasteiger partial charge in [0.15, 0.2) is 12.4 Å². The number of nitrogens with zero attached hydrogens (tertiary/aromatic N) is 1. The number of aryl methyl sites for hydroxylation is 1. The Hall–Kier alpha value is -0.626. The van der Waals surface area contributed by atoms with Crippen LogP contribution in [0.5, 0.6) is 5.75 Å². The Labute approximate surface area is 172 Å². The number of pyridine rings is 1. The Morgan fingerprint density at radius 3 is 2.67 bits per heavy atom. The molecule has 0 unspecified atom stereocenters. The van der Waals surface area contributed by atoms with Crippen LogP contribution in [0, 0.1) is 13.0 Å². The third kappa shape index (κ3) is 5.18. The zero-order valence-corrected chi connectivity index (χ0v) is 17.6. The van der Waals surface area contributed by atoms with Crippen molar-refractivity contribution in [3.8, 4) is 17.0 Å². The number of methoxy groups -OCH3 is 1. The van der Waals surface area contributed by atoms with E-state index in [1.54, 1.807) is 25.1 Å². The van der Waals surface area contributed by atoms with Crippen molar-refractivity contribution in [2.75, 3.05) is 13.9 Å². The normalized spacial score (nSPS) is 10.6. The van der Waals surface area contributed by atoms with E-state index in [1.807, 2.05) is 0 Å². The van der Waals surface area contributed by atoms with E-state index in [9.17, 15) is 13.6 Å². The summed E-state index contributed by atoms with van der Waals surface area (Å²) in [6.45, 7) is 0.987. The quantitative estimate of drug-likeness (QED) is 0.473. The van der Waals surface area contributed by atoms with Crippen molar-refractivity contribution in [1.29, 1.82) is 0 Å². The molecule has 127 valence electrons. The summed E-state index contributed by atoms with van der Waals surface area (Å²) in [7, 11) is 1.51. The Balaban J connectivity index is 0.00000288. The average Bonchev–Trinajstić information content (AvgIpc) is 2.50. The van der Waals surface area contributed by atoms with E-state index in [-0.39, 0.29) is 39.5 Å². The molecule has 1 radical (unpaired) electrons. The molecule has 0 spiro atoms. The van der Waals surface area contributed by atoms with Gasteiger partial charge in [-0.3, -0.25) is 4.79 Å². The number of hydrogen-bond donors (Lipinski definition) is 0. The molecule has 2 rings (SSSR count). The van der Waals surface area contributed by atoms with E-state index >= 15 is 0 Å². The maximum atomic E-state index is 12.8. The first-order chi connectivity index (χ1) is 10.9. The van der Waals surface area contributed by atoms with Crippen LogP contribution in [0.25, 0.3) is 11.3 Å². The molecule has 8 heteroatoms. The third-order valence-electron chi connectivity index (χ3n) is 3.14. The van der Waals surface area contributed by atoms with Crippen LogP contribution in [0.4, 0.5) is 8.78 Å². The van der Waals surface area contributed by atoms with Gasteiger partial charge in [-0.05, 0) is 16.6 Å². The van der Waals surface area contributed by atoms with Crippen molar-refractivity contribution in [2.45, 2.75) is 19.9 Å². The predicted octanol–water partition coefficient (Wildman–Crippen LogP) is 3.63. The molecular weight excluding hydrogens is 461 g/mol. The van der Waals surface area contributed by atoms with Crippen LogP contribution in [0.3, 0.4) is 0 Å². The van der Waals surface area contributed by atoms with Crippen molar-refractivity contribution in [1.82, 2.24) is 4.57 Å². The van der Waals surface area contributed by atoms with Gasteiger partial charge < -0.3 is 14.0 Å².